The summed E-state index contributed by atoms with van der Waals surface area (Å²) in [6.45, 7) is 4.27. The molecule has 0 unspecified atom stereocenters. The Kier molecular flexibility index (Phi) is 5.36. The van der Waals surface area contributed by atoms with E-state index in [0.29, 0.717) is 18.1 Å². The average molecular weight is 301 g/mol. The summed E-state index contributed by atoms with van der Waals surface area (Å²) < 4.78 is 15.7. The van der Waals surface area contributed by atoms with Crippen molar-refractivity contribution in [2.45, 2.75) is 20.3 Å². The first kappa shape index (κ1) is 15.8. The van der Waals surface area contributed by atoms with E-state index in [9.17, 15) is 4.79 Å². The molecule has 1 aromatic heterocycles. The molecule has 0 aliphatic heterocycles. The highest BCUT2D eigenvalue weighted by Crippen LogP contribution is 2.31. The molecule has 5 nitrogen and oxygen atoms in total. The van der Waals surface area contributed by atoms with Crippen molar-refractivity contribution < 1.29 is 18.8 Å². The van der Waals surface area contributed by atoms with Crippen molar-refractivity contribution in [3.05, 3.63) is 47.4 Å². The highest BCUT2D eigenvalue weighted by Gasteiger charge is 2.09. The predicted molar refractivity (Wildman–Crippen MR) is 83.1 cm³/mol. The molecule has 0 saturated heterocycles. The largest absolute Gasteiger partial charge is 0.492 e. The third-order valence-electron chi connectivity index (χ3n) is 3.18. The van der Waals surface area contributed by atoms with Crippen LogP contribution in [-0.4, -0.2) is 24.7 Å². The number of allylic oxidation sites excluding steroid dienone is 1. The molecule has 0 amide bonds. The fourth-order valence-corrected chi connectivity index (χ4v) is 2.06. The van der Waals surface area contributed by atoms with E-state index < -0.39 is 0 Å². The van der Waals surface area contributed by atoms with Crippen LogP contribution in [0.3, 0.4) is 0 Å². The Hall–Kier alpha value is -2.56. The zero-order valence-electron chi connectivity index (χ0n) is 13.0. The number of aromatic nitrogens is 1. The molecule has 5 heteroatoms. The Morgan fingerprint density at radius 3 is 2.86 bits per heavy atom. The number of aryl methyl sites for hydroxylation is 1. The molecule has 22 heavy (non-hydrogen) atoms. The van der Waals surface area contributed by atoms with Crippen molar-refractivity contribution in [1.29, 1.82) is 0 Å². The van der Waals surface area contributed by atoms with Gasteiger partial charge in [0.2, 0.25) is 0 Å². The summed E-state index contributed by atoms with van der Waals surface area (Å²) >= 11 is 0. The maximum absolute atomic E-state index is 12.0. The van der Waals surface area contributed by atoms with Crippen molar-refractivity contribution in [2.24, 2.45) is 0 Å². The lowest BCUT2D eigenvalue weighted by molar-refractivity contribution is -0.113. The van der Waals surface area contributed by atoms with Gasteiger partial charge in [-0.3, -0.25) is 4.79 Å². The highest BCUT2D eigenvalue weighted by molar-refractivity contribution is 5.95. The Balaban J connectivity index is 2.14. The first-order chi connectivity index (χ1) is 10.7. The van der Waals surface area contributed by atoms with Gasteiger partial charge in [-0.05, 0) is 32.1 Å². The lowest BCUT2D eigenvalue weighted by Crippen LogP contribution is -1.99. The Labute approximate surface area is 129 Å². The molecule has 0 spiro atoms. The van der Waals surface area contributed by atoms with Crippen LogP contribution in [0.15, 0.2) is 35.1 Å². The quantitative estimate of drug-likeness (QED) is 0.735. The molecule has 0 N–H and O–H groups in total. The minimum Gasteiger partial charge on any atom is -0.492 e. The van der Waals surface area contributed by atoms with Crippen LogP contribution in [0, 0.1) is 6.92 Å². The van der Waals surface area contributed by atoms with Crippen LogP contribution in [0.25, 0.3) is 6.08 Å². The standard InChI is InChI=1S/C17H19NO4/c1-4-21-16-7-5-6-13(17(16)20-3)8-9-15(19)10-14-11-22-18-12(14)2/h5-9,11H,4,10H2,1-3H3/b9-8+. The smallest absolute Gasteiger partial charge is 0.167 e. The molecule has 1 aromatic carbocycles. The first-order valence-electron chi connectivity index (χ1n) is 7.06. The van der Waals surface area contributed by atoms with E-state index in [1.54, 1.807) is 13.2 Å². The number of carbonyl (C=O) groups excluding carboxylic acids is 1. The summed E-state index contributed by atoms with van der Waals surface area (Å²) in [5.41, 5.74) is 2.33. The molecular formula is C17H19NO4. The monoisotopic (exact) mass is 301 g/mol. The van der Waals surface area contributed by atoms with E-state index in [1.807, 2.05) is 32.0 Å². The van der Waals surface area contributed by atoms with Crippen LogP contribution in [0.2, 0.25) is 0 Å². The van der Waals surface area contributed by atoms with Crippen LogP contribution in [-0.2, 0) is 11.2 Å². The third kappa shape index (κ3) is 3.75. The van der Waals surface area contributed by atoms with E-state index in [0.717, 1.165) is 16.8 Å². The number of carbonyl (C=O) groups is 1. The van der Waals surface area contributed by atoms with Gasteiger partial charge >= 0.3 is 0 Å². The Morgan fingerprint density at radius 1 is 1.41 bits per heavy atom. The van der Waals surface area contributed by atoms with E-state index >= 15 is 0 Å². The zero-order valence-corrected chi connectivity index (χ0v) is 13.0. The second-order valence-electron chi connectivity index (χ2n) is 4.71. The molecule has 0 fully saturated rings. The van der Waals surface area contributed by atoms with Crippen LogP contribution in [0.4, 0.5) is 0 Å². The van der Waals surface area contributed by atoms with Gasteiger partial charge in [-0.25, -0.2) is 0 Å². The normalized spacial score (nSPS) is 10.9. The van der Waals surface area contributed by atoms with Crippen LogP contribution >= 0.6 is 0 Å². The SMILES string of the molecule is CCOc1cccc(/C=C/C(=O)Cc2conc2C)c1OC. The molecule has 2 aromatic rings. The summed E-state index contributed by atoms with van der Waals surface area (Å²) in [6.07, 6.45) is 5.02. The number of para-hydroxylation sites is 1. The zero-order chi connectivity index (χ0) is 15.9. The van der Waals surface area contributed by atoms with Gasteiger partial charge in [0, 0.05) is 17.5 Å². The van der Waals surface area contributed by atoms with Crippen LogP contribution < -0.4 is 9.47 Å². The predicted octanol–water partition coefficient (Wildman–Crippen LogP) is 3.22. The maximum atomic E-state index is 12.0. The van der Waals surface area contributed by atoms with E-state index in [1.165, 1.54) is 12.3 Å². The minimum atomic E-state index is -0.0323. The van der Waals surface area contributed by atoms with Crippen molar-refractivity contribution >= 4 is 11.9 Å². The summed E-state index contributed by atoms with van der Waals surface area (Å²) in [5, 5.41) is 3.76. The van der Waals surface area contributed by atoms with Gasteiger partial charge in [-0.1, -0.05) is 17.3 Å². The molecular weight excluding hydrogens is 282 g/mol. The number of nitrogens with zero attached hydrogens (tertiary/aromatic N) is 1. The summed E-state index contributed by atoms with van der Waals surface area (Å²) in [4.78, 5) is 12.0. The number of benzene rings is 1. The first-order valence-corrected chi connectivity index (χ1v) is 7.06. The lowest BCUT2D eigenvalue weighted by Gasteiger charge is -2.11. The molecule has 0 bridgehead atoms. The molecule has 2 rings (SSSR count). The Morgan fingerprint density at radius 2 is 2.23 bits per heavy atom. The van der Waals surface area contributed by atoms with E-state index in [4.69, 9.17) is 14.0 Å². The number of hydrogen-bond acceptors (Lipinski definition) is 5. The van der Waals surface area contributed by atoms with Gasteiger partial charge in [0.25, 0.3) is 0 Å². The minimum absolute atomic E-state index is 0.0323. The van der Waals surface area contributed by atoms with Crippen molar-refractivity contribution in [3.63, 3.8) is 0 Å². The number of ether oxygens (including phenoxy) is 2. The molecule has 0 saturated carbocycles. The van der Waals surface area contributed by atoms with Gasteiger partial charge in [-0.2, -0.15) is 0 Å². The number of methoxy groups -OCH3 is 1. The maximum Gasteiger partial charge on any atom is 0.167 e. The topological polar surface area (TPSA) is 61.6 Å². The number of ketones is 1. The van der Waals surface area contributed by atoms with Crippen LogP contribution in [0.1, 0.15) is 23.7 Å². The van der Waals surface area contributed by atoms with Gasteiger partial charge in [0.1, 0.15) is 6.26 Å². The average Bonchev–Trinajstić information content (AvgIpc) is 2.91. The van der Waals surface area contributed by atoms with Gasteiger partial charge < -0.3 is 14.0 Å². The molecule has 1 heterocycles. The molecule has 0 radical (unpaired) electrons. The van der Waals surface area contributed by atoms with Crippen molar-refractivity contribution in [3.8, 4) is 11.5 Å². The van der Waals surface area contributed by atoms with Gasteiger partial charge in [-0.15, -0.1) is 0 Å². The molecule has 0 atom stereocenters. The molecule has 116 valence electrons. The highest BCUT2D eigenvalue weighted by atomic mass is 16.5. The molecule has 0 aliphatic rings. The van der Waals surface area contributed by atoms with Crippen molar-refractivity contribution in [1.82, 2.24) is 5.16 Å². The lowest BCUT2D eigenvalue weighted by atomic mass is 10.1. The second kappa shape index (κ2) is 7.45. The van der Waals surface area contributed by atoms with E-state index in [2.05, 4.69) is 5.16 Å². The fraction of sp³-hybridized carbons (Fsp3) is 0.294. The summed E-state index contributed by atoms with van der Waals surface area (Å²) in [5.74, 6) is 1.25. The summed E-state index contributed by atoms with van der Waals surface area (Å²) in [6, 6.07) is 5.57. The second-order valence-corrected chi connectivity index (χ2v) is 4.71. The van der Waals surface area contributed by atoms with Gasteiger partial charge in [0.15, 0.2) is 17.3 Å². The number of hydrogen-bond donors (Lipinski definition) is 0. The third-order valence-corrected chi connectivity index (χ3v) is 3.18. The van der Waals surface area contributed by atoms with E-state index in [-0.39, 0.29) is 12.2 Å². The van der Waals surface area contributed by atoms with Crippen molar-refractivity contribution in [2.75, 3.05) is 13.7 Å². The molecule has 0 aliphatic carbocycles. The fourth-order valence-electron chi connectivity index (χ4n) is 2.06. The van der Waals surface area contributed by atoms with Crippen LogP contribution in [0.5, 0.6) is 11.5 Å². The number of rotatable bonds is 7. The van der Waals surface area contributed by atoms with Gasteiger partial charge in [0.05, 0.1) is 19.4 Å². The Bertz CT molecular complexity index is 673. The summed E-state index contributed by atoms with van der Waals surface area (Å²) in [7, 11) is 1.58.